The number of esters is 1. The first-order valence-electron chi connectivity index (χ1n) is 4.86. The van der Waals surface area contributed by atoms with E-state index in [1.807, 2.05) is 34.9 Å². The molecule has 0 unspecified atom stereocenters. The van der Waals surface area contributed by atoms with Gasteiger partial charge in [-0.3, -0.25) is 0 Å². The van der Waals surface area contributed by atoms with Crippen molar-refractivity contribution in [2.24, 2.45) is 0 Å². The molecule has 0 fully saturated rings. The first-order chi connectivity index (χ1) is 6.72. The number of thioether (sulfide) groups is 1. The second-order valence-corrected chi connectivity index (χ2v) is 4.90. The highest BCUT2D eigenvalue weighted by atomic mass is 127. The van der Waals surface area contributed by atoms with Crippen molar-refractivity contribution in [3.05, 3.63) is 8.99 Å². The van der Waals surface area contributed by atoms with E-state index in [2.05, 4.69) is 6.92 Å². The van der Waals surface area contributed by atoms with Gasteiger partial charge in [0.15, 0.2) is 0 Å². The van der Waals surface area contributed by atoms with Crippen LogP contribution in [0.15, 0.2) is 8.99 Å². The predicted octanol–water partition coefficient (Wildman–Crippen LogP) is 3.75. The Hall–Kier alpha value is 0.290. The van der Waals surface area contributed by atoms with Crippen LogP contribution < -0.4 is 0 Å². The lowest BCUT2D eigenvalue weighted by atomic mass is 10.3. The summed E-state index contributed by atoms with van der Waals surface area (Å²) in [6, 6.07) is 0. The number of unbranched alkanes of at least 4 members (excludes halogenated alkanes) is 2. The number of carbonyl (C=O) groups excluding carboxylic acids is 1. The second kappa shape index (κ2) is 9.83. The van der Waals surface area contributed by atoms with Crippen molar-refractivity contribution in [2.75, 3.05) is 12.4 Å². The number of carbonyl (C=O) groups is 1. The van der Waals surface area contributed by atoms with E-state index < -0.39 is 0 Å². The fourth-order valence-corrected chi connectivity index (χ4v) is 2.24. The summed E-state index contributed by atoms with van der Waals surface area (Å²) in [4.78, 5) is 11.2. The zero-order valence-corrected chi connectivity index (χ0v) is 11.7. The van der Waals surface area contributed by atoms with Crippen LogP contribution in [0.1, 0.15) is 33.1 Å². The fourth-order valence-electron chi connectivity index (χ4n) is 0.816. The van der Waals surface area contributed by atoms with Crippen LogP contribution in [0.3, 0.4) is 0 Å². The summed E-state index contributed by atoms with van der Waals surface area (Å²) in [5.74, 6) is 0.871. The van der Waals surface area contributed by atoms with E-state index in [0.717, 1.165) is 5.75 Å². The molecule has 14 heavy (non-hydrogen) atoms. The Bertz CT molecular complexity index is 193. The molecule has 0 atom stereocenters. The minimum Gasteiger partial charge on any atom is -0.462 e. The van der Waals surface area contributed by atoms with Gasteiger partial charge in [-0.15, -0.1) is 11.8 Å². The van der Waals surface area contributed by atoms with E-state index in [9.17, 15) is 4.79 Å². The molecule has 0 aliphatic rings. The third-order valence-electron chi connectivity index (χ3n) is 1.52. The minimum absolute atomic E-state index is 0.212. The number of hydrogen-bond acceptors (Lipinski definition) is 3. The predicted molar refractivity (Wildman–Crippen MR) is 70.7 cm³/mol. The summed E-state index contributed by atoms with van der Waals surface area (Å²) in [6.07, 6.45) is 3.71. The van der Waals surface area contributed by atoms with Gasteiger partial charge in [0, 0.05) is 0 Å². The van der Waals surface area contributed by atoms with Crippen LogP contribution in [-0.4, -0.2) is 18.3 Å². The van der Waals surface area contributed by atoms with Crippen molar-refractivity contribution in [1.82, 2.24) is 0 Å². The zero-order chi connectivity index (χ0) is 10.8. The normalized spacial score (nSPS) is 11.5. The lowest BCUT2D eigenvalue weighted by Gasteiger charge is -1.99. The fraction of sp³-hybridized carbons (Fsp3) is 0.700. The van der Waals surface area contributed by atoms with E-state index in [0.29, 0.717) is 10.2 Å². The van der Waals surface area contributed by atoms with Gasteiger partial charge in [0.25, 0.3) is 0 Å². The molecule has 0 radical (unpaired) electrons. The number of rotatable bonds is 7. The molecule has 0 N–H and O–H groups in total. The molecule has 0 saturated carbocycles. The monoisotopic (exact) mass is 328 g/mol. The molecule has 0 aromatic rings. The topological polar surface area (TPSA) is 26.3 Å². The summed E-state index contributed by atoms with van der Waals surface area (Å²) in [6.45, 7) is 4.44. The summed E-state index contributed by atoms with van der Waals surface area (Å²) < 4.78 is 5.53. The Kier molecular flexibility index (Phi) is 10.0. The summed E-state index contributed by atoms with van der Waals surface area (Å²) in [5, 5.41) is 1.88. The van der Waals surface area contributed by atoms with Crippen molar-refractivity contribution < 1.29 is 9.53 Å². The van der Waals surface area contributed by atoms with Gasteiger partial charge >= 0.3 is 5.97 Å². The first-order valence-corrected chi connectivity index (χ1v) is 6.99. The summed E-state index contributed by atoms with van der Waals surface area (Å²) in [5.41, 5.74) is 0. The van der Waals surface area contributed by atoms with E-state index >= 15 is 0 Å². The highest BCUT2D eigenvalue weighted by Crippen LogP contribution is 2.16. The van der Waals surface area contributed by atoms with Gasteiger partial charge < -0.3 is 4.74 Å². The van der Waals surface area contributed by atoms with Gasteiger partial charge in [0.1, 0.15) is 3.58 Å². The van der Waals surface area contributed by atoms with Crippen molar-refractivity contribution in [2.45, 2.75) is 33.1 Å². The molecule has 0 aromatic carbocycles. The van der Waals surface area contributed by atoms with Crippen LogP contribution in [0.25, 0.3) is 0 Å². The van der Waals surface area contributed by atoms with Crippen LogP contribution in [-0.2, 0) is 9.53 Å². The molecule has 0 saturated heterocycles. The van der Waals surface area contributed by atoms with Gasteiger partial charge in [-0.1, -0.05) is 19.8 Å². The maximum absolute atomic E-state index is 11.2. The third kappa shape index (κ3) is 7.67. The second-order valence-electron chi connectivity index (χ2n) is 2.76. The average molecular weight is 328 g/mol. The quantitative estimate of drug-likeness (QED) is 0.308. The molecular formula is C10H17IO2S. The molecule has 0 bridgehead atoms. The molecule has 82 valence electrons. The largest absolute Gasteiger partial charge is 0.462 e. The molecule has 0 amide bonds. The molecule has 0 aliphatic carbocycles. The van der Waals surface area contributed by atoms with E-state index in [-0.39, 0.29) is 5.97 Å². The Morgan fingerprint density at radius 1 is 1.43 bits per heavy atom. The van der Waals surface area contributed by atoms with Gasteiger partial charge in [-0.05, 0) is 47.1 Å². The Morgan fingerprint density at radius 2 is 2.14 bits per heavy atom. The summed E-state index contributed by atoms with van der Waals surface area (Å²) in [7, 11) is 0. The van der Waals surface area contributed by atoms with E-state index in [1.165, 1.54) is 19.3 Å². The van der Waals surface area contributed by atoms with E-state index in [4.69, 9.17) is 4.74 Å². The lowest BCUT2D eigenvalue weighted by molar-refractivity contribution is -0.137. The minimum atomic E-state index is -0.212. The molecular weight excluding hydrogens is 311 g/mol. The van der Waals surface area contributed by atoms with Crippen LogP contribution in [0, 0.1) is 0 Å². The van der Waals surface area contributed by atoms with Crippen molar-refractivity contribution in [3.63, 3.8) is 0 Å². The van der Waals surface area contributed by atoms with Gasteiger partial charge in [0.05, 0.1) is 6.61 Å². The molecule has 0 spiro atoms. The smallest absolute Gasteiger partial charge is 0.344 e. The number of ether oxygens (including phenoxy) is 1. The Labute approximate surface area is 104 Å². The molecule has 2 nitrogen and oxygen atoms in total. The van der Waals surface area contributed by atoms with Gasteiger partial charge in [-0.25, -0.2) is 4.79 Å². The Balaban J connectivity index is 3.60. The summed E-state index contributed by atoms with van der Waals surface area (Å²) >= 11 is 3.70. The van der Waals surface area contributed by atoms with Crippen molar-refractivity contribution >= 4 is 40.3 Å². The van der Waals surface area contributed by atoms with Crippen LogP contribution >= 0.6 is 34.4 Å². The maximum atomic E-state index is 11.2. The van der Waals surface area contributed by atoms with Gasteiger partial charge in [0.2, 0.25) is 0 Å². The molecule has 0 aromatic heterocycles. The highest BCUT2D eigenvalue weighted by molar-refractivity contribution is 14.1. The van der Waals surface area contributed by atoms with Crippen LogP contribution in [0.5, 0.6) is 0 Å². The number of hydrogen-bond donors (Lipinski definition) is 0. The molecule has 0 heterocycles. The standard InChI is InChI=1S/C10H17IO2S/c1-3-5-6-7-14-8-9(11)10(12)13-4-2/h8H,3-7H2,1-2H3. The maximum Gasteiger partial charge on any atom is 0.344 e. The number of halogens is 1. The van der Waals surface area contributed by atoms with Crippen LogP contribution in [0.4, 0.5) is 0 Å². The highest BCUT2D eigenvalue weighted by Gasteiger charge is 2.04. The zero-order valence-electron chi connectivity index (χ0n) is 8.72. The Morgan fingerprint density at radius 3 is 2.71 bits per heavy atom. The van der Waals surface area contributed by atoms with E-state index in [1.54, 1.807) is 11.8 Å². The third-order valence-corrected chi connectivity index (χ3v) is 3.62. The van der Waals surface area contributed by atoms with Crippen LogP contribution in [0.2, 0.25) is 0 Å². The molecule has 0 aliphatic heterocycles. The van der Waals surface area contributed by atoms with Crippen molar-refractivity contribution in [3.8, 4) is 0 Å². The van der Waals surface area contributed by atoms with Gasteiger partial charge in [-0.2, -0.15) is 0 Å². The van der Waals surface area contributed by atoms with Crippen molar-refractivity contribution in [1.29, 1.82) is 0 Å². The molecule has 4 heteroatoms. The molecule has 0 rings (SSSR count). The first kappa shape index (κ1) is 14.3. The SMILES string of the molecule is CCCCCSC=C(I)C(=O)OCC. The lowest BCUT2D eigenvalue weighted by Crippen LogP contribution is -2.02. The average Bonchev–Trinajstić information content (AvgIpc) is 2.17.